The van der Waals surface area contributed by atoms with Crippen molar-refractivity contribution in [2.45, 2.75) is 0 Å². The van der Waals surface area contributed by atoms with Crippen LogP contribution in [0, 0.1) is 15.9 Å². The monoisotopic (exact) mass is 611 g/mol. The van der Waals surface area contributed by atoms with Gasteiger partial charge in [-0.25, -0.2) is 9.37 Å². The van der Waals surface area contributed by atoms with Gasteiger partial charge in [0.1, 0.15) is 11.4 Å². The first-order valence-corrected chi connectivity index (χ1v) is 13.4. The van der Waals surface area contributed by atoms with Crippen LogP contribution in [0.15, 0.2) is 105 Å². The van der Waals surface area contributed by atoms with Crippen molar-refractivity contribution >= 4 is 57.0 Å². The maximum atomic E-state index is 13.8. The molecule has 1 N–H and O–H groups in total. The van der Waals surface area contributed by atoms with Gasteiger partial charge >= 0.3 is 5.69 Å². The van der Waals surface area contributed by atoms with Crippen LogP contribution >= 0.6 is 11.6 Å². The number of furan rings is 1. The molecule has 44 heavy (non-hydrogen) atoms. The number of hydrogen-bond acceptors (Lipinski definition) is 8. The van der Waals surface area contributed by atoms with Crippen molar-refractivity contribution in [3.63, 3.8) is 0 Å². The highest BCUT2D eigenvalue weighted by Crippen LogP contribution is 2.30. The minimum atomic E-state index is -0.710. The maximum Gasteiger partial charge on any atom is 0.311 e. The third-order valence-corrected chi connectivity index (χ3v) is 6.70. The minimum absolute atomic E-state index is 0.0496. The quantitative estimate of drug-likeness (QED) is 0.119. The topological polar surface area (TPSA) is 142 Å². The SMILES string of the molecule is O=C(COc1ccc(C=Nn2c(-c3cc4cc(Cl)ccc4o3)nc3ccccc3c2=O)cc1[N+](=O)[O-])Nc1ccccc1F. The number of carbonyl (C=O) groups excluding carboxylic acids is 1. The van der Waals surface area contributed by atoms with Gasteiger partial charge < -0.3 is 14.5 Å². The van der Waals surface area contributed by atoms with E-state index in [1.54, 1.807) is 54.6 Å². The Morgan fingerprint density at radius 3 is 2.70 bits per heavy atom. The Bertz CT molecular complexity index is 2180. The van der Waals surface area contributed by atoms with Crippen molar-refractivity contribution < 1.29 is 23.3 Å². The molecule has 218 valence electrons. The molecule has 0 atom stereocenters. The van der Waals surface area contributed by atoms with Gasteiger partial charge in [0, 0.05) is 22.0 Å². The fourth-order valence-electron chi connectivity index (χ4n) is 4.41. The van der Waals surface area contributed by atoms with Gasteiger partial charge in [-0.3, -0.25) is 19.7 Å². The molecule has 0 aliphatic carbocycles. The van der Waals surface area contributed by atoms with Crippen LogP contribution in [0.5, 0.6) is 5.75 Å². The fourth-order valence-corrected chi connectivity index (χ4v) is 4.59. The van der Waals surface area contributed by atoms with E-state index in [4.69, 9.17) is 20.8 Å². The molecular formula is C31H19ClFN5O6. The highest BCUT2D eigenvalue weighted by molar-refractivity contribution is 6.31. The Hall–Kier alpha value is -5.88. The predicted molar refractivity (Wildman–Crippen MR) is 163 cm³/mol. The van der Waals surface area contributed by atoms with Crippen LogP contribution in [0.4, 0.5) is 15.8 Å². The van der Waals surface area contributed by atoms with Gasteiger partial charge in [0.25, 0.3) is 11.5 Å². The molecule has 0 radical (unpaired) electrons. The average molecular weight is 612 g/mol. The summed E-state index contributed by atoms with van der Waals surface area (Å²) >= 11 is 6.12. The standard InChI is InChI=1S/C31H19ClFN5O6/c32-20-10-12-26-19(14-20)15-28(44-26)30-36-23-7-3-1-5-21(23)31(40)37(30)34-16-18-9-11-27(25(13-18)38(41)42)43-17-29(39)35-24-8-4-2-6-22(24)33/h1-16H,17H2,(H,35,39). The van der Waals surface area contributed by atoms with Gasteiger partial charge in [0.2, 0.25) is 5.82 Å². The van der Waals surface area contributed by atoms with Crippen molar-refractivity contribution in [2.75, 3.05) is 11.9 Å². The number of benzene rings is 4. The third-order valence-electron chi connectivity index (χ3n) is 6.46. The maximum absolute atomic E-state index is 13.8. The summed E-state index contributed by atoms with van der Waals surface area (Å²) in [5.41, 5.74) is 0.208. The Balaban J connectivity index is 1.32. The van der Waals surface area contributed by atoms with E-state index in [0.29, 0.717) is 26.9 Å². The Morgan fingerprint density at radius 2 is 1.89 bits per heavy atom. The number of nitro groups is 1. The first kappa shape index (κ1) is 28.2. The van der Waals surface area contributed by atoms with Crippen LogP contribution in [0.1, 0.15) is 5.56 Å². The van der Waals surface area contributed by atoms with Crippen molar-refractivity contribution in [2.24, 2.45) is 5.10 Å². The van der Waals surface area contributed by atoms with Crippen LogP contribution in [-0.4, -0.2) is 33.3 Å². The van der Waals surface area contributed by atoms with E-state index in [2.05, 4.69) is 15.4 Å². The summed E-state index contributed by atoms with van der Waals surface area (Å²) in [6.07, 6.45) is 1.25. The molecule has 0 aliphatic heterocycles. The molecular weight excluding hydrogens is 593 g/mol. The number of fused-ring (bicyclic) bond motifs is 2. The lowest BCUT2D eigenvalue weighted by molar-refractivity contribution is -0.385. The van der Waals surface area contributed by atoms with Crippen molar-refractivity contribution in [1.29, 1.82) is 0 Å². The molecule has 0 fully saturated rings. The first-order chi connectivity index (χ1) is 21.3. The lowest BCUT2D eigenvalue weighted by atomic mass is 10.2. The normalized spacial score (nSPS) is 11.3. The molecule has 0 aliphatic rings. The molecule has 0 unspecified atom stereocenters. The number of aromatic nitrogens is 2. The van der Waals surface area contributed by atoms with Crippen LogP contribution in [0.25, 0.3) is 33.5 Å². The van der Waals surface area contributed by atoms with E-state index in [1.807, 2.05) is 0 Å². The smallest absolute Gasteiger partial charge is 0.311 e. The van der Waals surface area contributed by atoms with Gasteiger partial charge in [0.05, 0.1) is 27.7 Å². The van der Waals surface area contributed by atoms with Crippen LogP contribution in [-0.2, 0) is 4.79 Å². The zero-order chi connectivity index (χ0) is 30.8. The van der Waals surface area contributed by atoms with E-state index in [9.17, 15) is 24.1 Å². The van der Waals surface area contributed by atoms with E-state index in [1.165, 1.54) is 42.6 Å². The number of ether oxygens (including phenoxy) is 1. The number of amides is 1. The molecule has 2 aromatic heterocycles. The molecule has 1 amide bonds. The second kappa shape index (κ2) is 11.8. The summed E-state index contributed by atoms with van der Waals surface area (Å²) in [7, 11) is 0. The number of para-hydroxylation sites is 2. The summed E-state index contributed by atoms with van der Waals surface area (Å²) < 4.78 is 26.2. The number of nitrogens with one attached hydrogen (secondary N) is 1. The van der Waals surface area contributed by atoms with Crippen molar-refractivity contribution in [1.82, 2.24) is 9.66 Å². The van der Waals surface area contributed by atoms with E-state index in [0.717, 1.165) is 4.68 Å². The Kier molecular flexibility index (Phi) is 7.56. The van der Waals surface area contributed by atoms with Gasteiger partial charge in [0.15, 0.2) is 18.1 Å². The van der Waals surface area contributed by atoms with Gasteiger partial charge in [-0.15, -0.1) is 0 Å². The van der Waals surface area contributed by atoms with Crippen molar-refractivity contribution in [3.8, 4) is 17.3 Å². The highest BCUT2D eigenvalue weighted by Gasteiger charge is 2.19. The molecule has 6 rings (SSSR count). The molecule has 0 spiro atoms. The Labute approximate surface area is 251 Å². The van der Waals surface area contributed by atoms with E-state index in [-0.39, 0.29) is 28.6 Å². The first-order valence-electron chi connectivity index (χ1n) is 13.0. The number of nitrogens with zero attached hydrogens (tertiary/aromatic N) is 4. The fraction of sp³-hybridized carbons (Fsp3) is 0.0323. The summed E-state index contributed by atoms with van der Waals surface area (Å²) in [6.45, 7) is -0.604. The number of hydrogen-bond donors (Lipinski definition) is 1. The summed E-state index contributed by atoms with van der Waals surface area (Å²) in [5.74, 6) is -1.18. The number of halogens is 2. The van der Waals surface area contributed by atoms with Gasteiger partial charge in [-0.2, -0.15) is 9.78 Å². The van der Waals surface area contributed by atoms with Crippen LogP contribution in [0.2, 0.25) is 5.02 Å². The molecule has 6 aromatic rings. The zero-order valence-electron chi connectivity index (χ0n) is 22.4. The van der Waals surface area contributed by atoms with Crippen molar-refractivity contribution in [3.05, 3.63) is 128 Å². The lowest BCUT2D eigenvalue weighted by Crippen LogP contribution is -2.21. The number of rotatable bonds is 8. The Morgan fingerprint density at radius 1 is 1.09 bits per heavy atom. The molecule has 0 saturated heterocycles. The van der Waals surface area contributed by atoms with Crippen LogP contribution in [0.3, 0.4) is 0 Å². The number of carbonyl (C=O) groups is 1. The second-order valence-electron chi connectivity index (χ2n) is 9.41. The van der Waals surface area contributed by atoms with Gasteiger partial charge in [-0.05, 0) is 60.7 Å². The molecule has 13 heteroatoms. The van der Waals surface area contributed by atoms with Gasteiger partial charge in [-0.1, -0.05) is 35.9 Å². The third kappa shape index (κ3) is 5.74. The molecule has 0 bridgehead atoms. The second-order valence-corrected chi connectivity index (χ2v) is 9.84. The number of anilines is 1. The highest BCUT2D eigenvalue weighted by atomic mass is 35.5. The minimum Gasteiger partial charge on any atom is -0.477 e. The summed E-state index contributed by atoms with van der Waals surface area (Å²) in [4.78, 5) is 41.5. The predicted octanol–water partition coefficient (Wildman–Crippen LogP) is 6.41. The molecule has 0 saturated carbocycles. The van der Waals surface area contributed by atoms with E-state index >= 15 is 0 Å². The summed E-state index contributed by atoms with van der Waals surface area (Å²) in [6, 6.07) is 23.0. The molecule has 11 nitrogen and oxygen atoms in total. The number of nitro benzene ring substituents is 1. The van der Waals surface area contributed by atoms with E-state index < -0.39 is 34.5 Å². The molecule has 4 aromatic carbocycles. The largest absolute Gasteiger partial charge is 0.477 e. The molecule has 2 heterocycles. The summed E-state index contributed by atoms with van der Waals surface area (Å²) in [5, 5.41) is 20.0. The zero-order valence-corrected chi connectivity index (χ0v) is 23.2. The van der Waals surface area contributed by atoms with Crippen LogP contribution < -0.4 is 15.6 Å². The average Bonchev–Trinajstić information content (AvgIpc) is 3.44. The lowest BCUT2D eigenvalue weighted by Gasteiger charge is -2.09.